The van der Waals surface area contributed by atoms with E-state index in [-0.39, 0.29) is 50.1 Å². The molecule has 0 saturated carbocycles. The molecule has 0 unspecified atom stereocenters. The van der Waals surface area contributed by atoms with Crippen molar-refractivity contribution in [1.82, 2.24) is 0 Å². The summed E-state index contributed by atoms with van der Waals surface area (Å²) in [5.41, 5.74) is 7.94. The number of aryl methyl sites for hydroxylation is 1. The van der Waals surface area contributed by atoms with Gasteiger partial charge in [0.05, 0.1) is 27.4 Å². The normalized spacial score (nSPS) is 13.0. The van der Waals surface area contributed by atoms with Gasteiger partial charge in [0.15, 0.2) is 11.6 Å². The lowest BCUT2D eigenvalue weighted by atomic mass is 9.82. The van der Waals surface area contributed by atoms with Gasteiger partial charge in [-0.2, -0.15) is 8.42 Å². The molecule has 9 heteroatoms. The van der Waals surface area contributed by atoms with Crippen molar-refractivity contribution in [2.24, 2.45) is 0 Å². The lowest BCUT2D eigenvalue weighted by Crippen LogP contribution is -2.24. The number of hydrogen-bond acceptors (Lipinski definition) is 6. The topological polar surface area (TPSA) is 127 Å². The summed E-state index contributed by atoms with van der Waals surface area (Å²) in [7, 11) is -4.43. The van der Waals surface area contributed by atoms with Crippen LogP contribution in [-0.4, -0.2) is 24.5 Å². The van der Waals surface area contributed by atoms with E-state index in [0.717, 1.165) is 0 Å². The summed E-state index contributed by atoms with van der Waals surface area (Å²) in [6.45, 7) is 1.55. The highest BCUT2D eigenvalue weighted by atomic mass is 79.9. The number of anilines is 3. The van der Waals surface area contributed by atoms with E-state index < -0.39 is 10.1 Å². The summed E-state index contributed by atoms with van der Waals surface area (Å²) >= 11 is 3.32. The monoisotopic (exact) mass is 486 g/mol. The Hall–Kier alpha value is -3.01. The minimum absolute atomic E-state index is 0.0812. The Balaban J connectivity index is 1.91. The van der Waals surface area contributed by atoms with Crippen molar-refractivity contribution in [2.75, 3.05) is 11.1 Å². The average molecular weight is 487 g/mol. The van der Waals surface area contributed by atoms with Crippen LogP contribution in [0.5, 0.6) is 0 Å². The second kappa shape index (κ2) is 7.05. The molecule has 3 aromatic carbocycles. The van der Waals surface area contributed by atoms with Gasteiger partial charge in [-0.15, -0.1) is 0 Å². The first-order chi connectivity index (χ1) is 14.1. The molecule has 4 N–H and O–H groups in total. The van der Waals surface area contributed by atoms with Gasteiger partial charge >= 0.3 is 0 Å². The zero-order valence-electron chi connectivity index (χ0n) is 15.6. The molecule has 0 aromatic heterocycles. The second-order valence-electron chi connectivity index (χ2n) is 6.85. The molecule has 0 atom stereocenters. The van der Waals surface area contributed by atoms with Gasteiger partial charge in [-0.05, 0) is 46.6 Å². The molecule has 7 nitrogen and oxygen atoms in total. The summed E-state index contributed by atoms with van der Waals surface area (Å²) in [4.78, 5) is 26.0. The molecule has 0 spiro atoms. The van der Waals surface area contributed by atoms with E-state index in [2.05, 4.69) is 21.2 Å². The van der Waals surface area contributed by atoms with E-state index in [1.54, 1.807) is 43.3 Å². The number of hydrogen-bond donors (Lipinski definition) is 3. The van der Waals surface area contributed by atoms with Crippen LogP contribution in [0.4, 0.5) is 17.1 Å². The largest absolute Gasteiger partial charge is 0.397 e. The van der Waals surface area contributed by atoms with Crippen molar-refractivity contribution < 1.29 is 22.6 Å². The number of carbonyl (C=O) groups excluding carboxylic acids is 2. The SMILES string of the molecule is Cc1ccc(Nc2cc(Br)c(N)c3c2C(=O)c2ccccc2C3=O)cc1S(=O)(=O)O. The molecule has 30 heavy (non-hydrogen) atoms. The van der Waals surface area contributed by atoms with Crippen LogP contribution in [0.25, 0.3) is 0 Å². The molecule has 0 heterocycles. The Labute approximate surface area is 180 Å². The third-order valence-corrected chi connectivity index (χ3v) is 6.58. The van der Waals surface area contributed by atoms with E-state index >= 15 is 0 Å². The molecule has 1 aliphatic carbocycles. The molecule has 0 fully saturated rings. The third kappa shape index (κ3) is 3.20. The van der Waals surface area contributed by atoms with Crippen LogP contribution in [0.1, 0.15) is 37.4 Å². The van der Waals surface area contributed by atoms with Gasteiger partial charge in [0.25, 0.3) is 10.1 Å². The fraction of sp³-hybridized carbons (Fsp3) is 0.0476. The maximum atomic E-state index is 13.2. The first-order valence-corrected chi connectivity index (χ1v) is 11.0. The van der Waals surface area contributed by atoms with Gasteiger partial charge in [-0.3, -0.25) is 14.1 Å². The minimum Gasteiger partial charge on any atom is -0.397 e. The highest BCUT2D eigenvalue weighted by molar-refractivity contribution is 9.10. The Morgan fingerprint density at radius 3 is 2.17 bits per heavy atom. The average Bonchev–Trinajstić information content (AvgIpc) is 2.69. The molecule has 0 bridgehead atoms. The van der Waals surface area contributed by atoms with Crippen molar-refractivity contribution in [1.29, 1.82) is 0 Å². The van der Waals surface area contributed by atoms with Gasteiger partial charge in [-0.25, -0.2) is 0 Å². The predicted octanol–water partition coefficient (Wildman–Crippen LogP) is 4.11. The van der Waals surface area contributed by atoms with E-state index in [4.69, 9.17) is 5.73 Å². The number of fused-ring (bicyclic) bond motifs is 2. The third-order valence-electron chi connectivity index (χ3n) is 4.93. The summed E-state index contributed by atoms with van der Waals surface area (Å²) in [6.07, 6.45) is 0. The van der Waals surface area contributed by atoms with Crippen LogP contribution >= 0.6 is 15.9 Å². The highest BCUT2D eigenvalue weighted by Gasteiger charge is 2.34. The van der Waals surface area contributed by atoms with E-state index in [1.807, 2.05) is 0 Å². The quantitative estimate of drug-likeness (QED) is 0.293. The number of halogens is 1. The minimum atomic E-state index is -4.43. The zero-order chi connectivity index (χ0) is 21.8. The van der Waals surface area contributed by atoms with Gasteiger partial charge in [0, 0.05) is 21.3 Å². The van der Waals surface area contributed by atoms with Crippen molar-refractivity contribution in [2.45, 2.75) is 11.8 Å². The first-order valence-electron chi connectivity index (χ1n) is 8.75. The number of rotatable bonds is 3. The van der Waals surface area contributed by atoms with Crippen molar-refractivity contribution in [3.8, 4) is 0 Å². The molecule has 1 aliphatic rings. The number of carbonyl (C=O) groups is 2. The molecule has 0 radical (unpaired) electrons. The van der Waals surface area contributed by atoms with Gasteiger partial charge in [-0.1, -0.05) is 30.3 Å². The molecular formula is C21H15BrN2O5S. The molecule has 0 aliphatic heterocycles. The van der Waals surface area contributed by atoms with Crippen LogP contribution in [0.3, 0.4) is 0 Å². The lowest BCUT2D eigenvalue weighted by Gasteiger charge is -2.23. The lowest BCUT2D eigenvalue weighted by molar-refractivity contribution is 0.0980. The second-order valence-corrected chi connectivity index (χ2v) is 9.10. The maximum Gasteiger partial charge on any atom is 0.294 e. The van der Waals surface area contributed by atoms with E-state index in [9.17, 15) is 22.6 Å². The predicted molar refractivity (Wildman–Crippen MR) is 116 cm³/mol. The van der Waals surface area contributed by atoms with Crippen LogP contribution < -0.4 is 11.1 Å². The standard InChI is InChI=1S/C21H15BrN2O5S/c1-10-6-7-11(8-16(10)30(27,28)29)24-15-9-14(22)19(23)18-17(15)20(25)12-4-2-3-5-13(12)21(18)26/h2-9,24H,23H2,1H3,(H,27,28,29). The van der Waals surface area contributed by atoms with Crippen molar-refractivity contribution in [3.63, 3.8) is 0 Å². The van der Waals surface area contributed by atoms with Gasteiger partial charge in [0.1, 0.15) is 0 Å². The van der Waals surface area contributed by atoms with Crippen LogP contribution in [0.15, 0.2) is 57.9 Å². The smallest absolute Gasteiger partial charge is 0.294 e. The number of nitrogens with one attached hydrogen (secondary N) is 1. The Morgan fingerprint density at radius 2 is 1.57 bits per heavy atom. The highest BCUT2D eigenvalue weighted by Crippen LogP contribution is 2.40. The summed E-state index contributed by atoms with van der Waals surface area (Å²) in [5, 5.41) is 2.99. The molecule has 0 amide bonds. The maximum absolute atomic E-state index is 13.2. The molecule has 4 rings (SSSR count). The number of ketones is 2. The fourth-order valence-corrected chi connectivity index (χ4v) is 4.67. The zero-order valence-corrected chi connectivity index (χ0v) is 18.0. The molecular weight excluding hydrogens is 472 g/mol. The fourth-order valence-electron chi connectivity index (χ4n) is 3.50. The van der Waals surface area contributed by atoms with Gasteiger partial charge in [0.2, 0.25) is 0 Å². The van der Waals surface area contributed by atoms with Crippen molar-refractivity contribution >= 4 is 54.7 Å². The van der Waals surface area contributed by atoms with E-state index in [0.29, 0.717) is 15.7 Å². The number of benzene rings is 3. The summed E-state index contributed by atoms with van der Waals surface area (Å²) in [5.74, 6) is -0.742. The van der Waals surface area contributed by atoms with Crippen molar-refractivity contribution in [3.05, 3.63) is 80.8 Å². The first kappa shape index (κ1) is 20.3. The van der Waals surface area contributed by atoms with Crippen LogP contribution in [0, 0.1) is 6.92 Å². The van der Waals surface area contributed by atoms with Crippen LogP contribution in [0.2, 0.25) is 0 Å². The molecule has 0 saturated heterocycles. The van der Waals surface area contributed by atoms with E-state index in [1.165, 1.54) is 12.1 Å². The Bertz CT molecular complexity index is 1370. The molecule has 3 aromatic rings. The molecule has 152 valence electrons. The Morgan fingerprint density at radius 1 is 0.967 bits per heavy atom. The Kier molecular flexibility index (Phi) is 4.76. The summed E-state index contributed by atoms with van der Waals surface area (Å²) in [6, 6.07) is 12.4. The van der Waals surface area contributed by atoms with Gasteiger partial charge < -0.3 is 11.1 Å². The number of nitrogen functional groups attached to an aromatic ring is 1. The summed E-state index contributed by atoms with van der Waals surface area (Å²) < 4.78 is 33.1. The number of nitrogens with two attached hydrogens (primary N) is 1. The van der Waals surface area contributed by atoms with Crippen LogP contribution in [-0.2, 0) is 10.1 Å².